The molecule has 0 unspecified atom stereocenters. The molecule has 0 saturated heterocycles. The number of rotatable bonds is 3. The van der Waals surface area contributed by atoms with Gasteiger partial charge in [0, 0.05) is 22.9 Å². The van der Waals surface area contributed by atoms with Crippen molar-refractivity contribution in [2.24, 2.45) is 0 Å². The van der Waals surface area contributed by atoms with Gasteiger partial charge in [0.1, 0.15) is 0 Å². The summed E-state index contributed by atoms with van der Waals surface area (Å²) < 4.78 is 26.5. The number of hydrogen-bond acceptors (Lipinski definition) is 4. The van der Waals surface area contributed by atoms with E-state index < -0.39 is 16.1 Å². The normalized spacial score (nSPS) is 13.1. The summed E-state index contributed by atoms with van der Waals surface area (Å²) in [6, 6.07) is 10.3. The molecule has 120 valence electrons. The van der Waals surface area contributed by atoms with Crippen molar-refractivity contribution in [3.8, 4) is 0 Å². The maximum Gasteiger partial charge on any atom is 0.333 e. The van der Waals surface area contributed by atoms with E-state index in [2.05, 4.69) is 10.6 Å². The van der Waals surface area contributed by atoms with E-state index in [-0.39, 0.29) is 4.90 Å². The highest BCUT2D eigenvalue weighted by Crippen LogP contribution is 2.25. The van der Waals surface area contributed by atoms with Gasteiger partial charge in [-0.15, -0.1) is 0 Å². The van der Waals surface area contributed by atoms with E-state index in [0.717, 1.165) is 24.2 Å². The third-order valence-corrected chi connectivity index (χ3v) is 5.01. The van der Waals surface area contributed by atoms with Crippen molar-refractivity contribution in [3.05, 3.63) is 53.1 Å². The third-order valence-electron chi connectivity index (χ3n) is 3.43. The Morgan fingerprint density at radius 3 is 2.61 bits per heavy atom. The SMILES string of the molecule is O=C(Nc1ccc(Cl)cc1)NS(=O)(=O)c1ccc2c(c1)CCN2. The van der Waals surface area contributed by atoms with Gasteiger partial charge in [-0.1, -0.05) is 11.6 Å². The topological polar surface area (TPSA) is 87.3 Å². The molecule has 6 nitrogen and oxygen atoms in total. The van der Waals surface area contributed by atoms with Crippen LogP contribution in [0.2, 0.25) is 5.02 Å². The van der Waals surface area contributed by atoms with Crippen molar-refractivity contribution >= 4 is 39.0 Å². The number of carbonyl (C=O) groups excluding carboxylic acids is 1. The van der Waals surface area contributed by atoms with Gasteiger partial charge in [-0.25, -0.2) is 17.9 Å². The fourth-order valence-electron chi connectivity index (χ4n) is 2.32. The lowest BCUT2D eigenvalue weighted by atomic mass is 10.2. The average Bonchev–Trinajstić information content (AvgIpc) is 2.96. The lowest BCUT2D eigenvalue weighted by molar-refractivity contribution is 0.256. The van der Waals surface area contributed by atoms with Crippen molar-refractivity contribution in [1.82, 2.24) is 4.72 Å². The molecule has 1 aliphatic heterocycles. The fraction of sp³-hybridized carbons (Fsp3) is 0.133. The molecule has 1 aliphatic rings. The van der Waals surface area contributed by atoms with E-state index in [1.165, 1.54) is 6.07 Å². The van der Waals surface area contributed by atoms with Gasteiger partial charge < -0.3 is 10.6 Å². The number of halogens is 1. The van der Waals surface area contributed by atoms with Crippen LogP contribution >= 0.6 is 11.6 Å². The van der Waals surface area contributed by atoms with Crippen LogP contribution in [-0.2, 0) is 16.4 Å². The van der Waals surface area contributed by atoms with Gasteiger partial charge in [-0.05, 0) is 54.4 Å². The first kappa shape index (κ1) is 15.6. The number of sulfonamides is 1. The van der Waals surface area contributed by atoms with Crippen LogP contribution in [0.25, 0.3) is 0 Å². The second kappa shape index (κ2) is 6.10. The molecule has 0 fully saturated rings. The third kappa shape index (κ3) is 3.57. The first-order valence-electron chi connectivity index (χ1n) is 6.90. The van der Waals surface area contributed by atoms with Crippen LogP contribution in [0.1, 0.15) is 5.56 Å². The van der Waals surface area contributed by atoms with Crippen LogP contribution in [0.15, 0.2) is 47.4 Å². The Bertz CT molecular complexity index is 851. The zero-order valence-electron chi connectivity index (χ0n) is 12.0. The smallest absolute Gasteiger partial charge is 0.333 e. The van der Waals surface area contributed by atoms with Gasteiger partial charge in [0.2, 0.25) is 0 Å². The minimum atomic E-state index is -3.93. The number of benzene rings is 2. The summed E-state index contributed by atoms with van der Waals surface area (Å²) in [5, 5.41) is 6.12. The highest BCUT2D eigenvalue weighted by Gasteiger charge is 2.20. The quantitative estimate of drug-likeness (QED) is 0.793. The van der Waals surface area contributed by atoms with Crippen molar-refractivity contribution in [1.29, 1.82) is 0 Å². The molecule has 23 heavy (non-hydrogen) atoms. The van der Waals surface area contributed by atoms with E-state index in [4.69, 9.17) is 11.6 Å². The molecule has 8 heteroatoms. The van der Waals surface area contributed by atoms with Gasteiger partial charge in [0.05, 0.1) is 4.90 Å². The maximum atomic E-state index is 12.3. The Hall–Kier alpha value is -2.25. The van der Waals surface area contributed by atoms with Gasteiger partial charge in [-0.2, -0.15) is 0 Å². The average molecular weight is 352 g/mol. The number of anilines is 2. The number of fused-ring (bicyclic) bond motifs is 1. The lowest BCUT2D eigenvalue weighted by Crippen LogP contribution is -2.34. The molecule has 2 aromatic carbocycles. The largest absolute Gasteiger partial charge is 0.384 e. The second-order valence-corrected chi connectivity index (χ2v) is 7.18. The second-order valence-electron chi connectivity index (χ2n) is 5.06. The number of hydrogen-bond donors (Lipinski definition) is 3. The molecule has 0 spiro atoms. The Labute approximate surface area is 138 Å². The molecule has 2 aromatic rings. The van der Waals surface area contributed by atoms with E-state index >= 15 is 0 Å². The number of amides is 2. The molecular formula is C15H14ClN3O3S. The van der Waals surface area contributed by atoms with Crippen molar-refractivity contribution in [3.63, 3.8) is 0 Å². The number of urea groups is 1. The molecule has 1 heterocycles. The highest BCUT2D eigenvalue weighted by atomic mass is 35.5. The summed E-state index contributed by atoms with van der Waals surface area (Å²) in [5.41, 5.74) is 2.29. The molecule has 3 N–H and O–H groups in total. The van der Waals surface area contributed by atoms with E-state index in [1.807, 2.05) is 4.72 Å². The minimum absolute atomic E-state index is 0.0613. The highest BCUT2D eigenvalue weighted by molar-refractivity contribution is 7.90. The number of carbonyl (C=O) groups is 1. The van der Waals surface area contributed by atoms with Crippen LogP contribution < -0.4 is 15.4 Å². The predicted molar refractivity (Wildman–Crippen MR) is 89.4 cm³/mol. The van der Waals surface area contributed by atoms with Gasteiger partial charge in [-0.3, -0.25) is 0 Å². The zero-order valence-corrected chi connectivity index (χ0v) is 13.5. The van der Waals surface area contributed by atoms with Crippen LogP contribution in [0.3, 0.4) is 0 Å². The molecule has 0 aliphatic carbocycles. The van der Waals surface area contributed by atoms with Gasteiger partial charge in [0.15, 0.2) is 0 Å². The van der Waals surface area contributed by atoms with Crippen molar-refractivity contribution < 1.29 is 13.2 Å². The van der Waals surface area contributed by atoms with Crippen molar-refractivity contribution in [2.45, 2.75) is 11.3 Å². The van der Waals surface area contributed by atoms with E-state index in [1.54, 1.807) is 36.4 Å². The summed E-state index contributed by atoms with van der Waals surface area (Å²) in [6.07, 6.45) is 0.760. The Morgan fingerprint density at radius 1 is 1.13 bits per heavy atom. The maximum absolute atomic E-state index is 12.3. The standard InChI is InChI=1S/C15H14ClN3O3S/c16-11-1-3-12(4-2-11)18-15(20)19-23(21,22)13-5-6-14-10(9-13)7-8-17-14/h1-6,9,17H,7-8H2,(H2,18,19,20). The Kier molecular flexibility index (Phi) is 4.14. The van der Waals surface area contributed by atoms with Crippen LogP contribution in [0.4, 0.5) is 16.2 Å². The summed E-state index contributed by atoms with van der Waals surface area (Å²) in [6.45, 7) is 0.781. The summed E-state index contributed by atoms with van der Waals surface area (Å²) in [4.78, 5) is 11.9. The first-order chi connectivity index (χ1) is 10.9. The molecule has 0 saturated carbocycles. The molecule has 0 atom stereocenters. The fourth-order valence-corrected chi connectivity index (χ4v) is 3.40. The van der Waals surface area contributed by atoms with E-state index in [9.17, 15) is 13.2 Å². The molecule has 2 amide bonds. The van der Waals surface area contributed by atoms with E-state index in [0.29, 0.717) is 10.7 Å². The summed E-state index contributed by atoms with van der Waals surface area (Å²) >= 11 is 5.75. The lowest BCUT2D eigenvalue weighted by Gasteiger charge is -2.10. The first-order valence-corrected chi connectivity index (χ1v) is 8.76. The van der Waals surface area contributed by atoms with Crippen LogP contribution in [-0.4, -0.2) is 21.0 Å². The Balaban J connectivity index is 1.73. The van der Waals surface area contributed by atoms with Crippen molar-refractivity contribution in [2.75, 3.05) is 17.2 Å². The summed E-state index contributed by atoms with van der Waals surface area (Å²) in [5.74, 6) is 0. The predicted octanol–water partition coefficient (Wildman–Crippen LogP) is 2.82. The molecule has 0 radical (unpaired) electrons. The monoisotopic (exact) mass is 351 g/mol. The summed E-state index contributed by atoms with van der Waals surface area (Å²) in [7, 11) is -3.93. The molecule has 0 aromatic heterocycles. The number of nitrogens with one attached hydrogen (secondary N) is 3. The van der Waals surface area contributed by atoms with Gasteiger partial charge >= 0.3 is 6.03 Å². The van der Waals surface area contributed by atoms with Crippen LogP contribution in [0.5, 0.6) is 0 Å². The molecule has 3 rings (SSSR count). The van der Waals surface area contributed by atoms with Crippen LogP contribution in [0, 0.1) is 0 Å². The zero-order chi connectivity index (χ0) is 16.4. The Morgan fingerprint density at radius 2 is 1.87 bits per heavy atom. The molecule has 0 bridgehead atoms. The minimum Gasteiger partial charge on any atom is -0.384 e. The molecular weight excluding hydrogens is 338 g/mol. The van der Waals surface area contributed by atoms with Gasteiger partial charge in [0.25, 0.3) is 10.0 Å².